The van der Waals surface area contributed by atoms with Gasteiger partial charge in [-0.05, 0) is 6.92 Å². The molecule has 0 aromatic heterocycles. The van der Waals surface area contributed by atoms with Crippen LogP contribution in [0.1, 0.15) is 27.2 Å². The third-order valence-corrected chi connectivity index (χ3v) is 9.49. The third-order valence-electron chi connectivity index (χ3n) is 9.49. The van der Waals surface area contributed by atoms with Crippen molar-refractivity contribution in [2.75, 3.05) is 19.8 Å². The van der Waals surface area contributed by atoms with Crippen LogP contribution in [0.3, 0.4) is 0 Å². The number of aliphatic hydroxyl groups excluding tert-OH is 12. The van der Waals surface area contributed by atoms with E-state index in [0.29, 0.717) is 0 Å². The van der Waals surface area contributed by atoms with Gasteiger partial charge in [0.1, 0.15) is 91.7 Å². The fourth-order valence-corrected chi connectivity index (χ4v) is 6.49. The van der Waals surface area contributed by atoms with E-state index in [1.54, 1.807) is 0 Å². The lowest BCUT2D eigenvalue weighted by Gasteiger charge is -2.50. The van der Waals surface area contributed by atoms with Crippen molar-refractivity contribution in [3.8, 4) is 0 Å². The van der Waals surface area contributed by atoms with Gasteiger partial charge in [0.25, 0.3) is 5.79 Å². The monoisotopic (exact) mass is 820 g/mol. The molecule has 0 radical (unpaired) electrons. The molecular formula is C31H52N2O23. The van der Waals surface area contributed by atoms with Crippen molar-refractivity contribution in [3.05, 3.63) is 0 Å². The van der Waals surface area contributed by atoms with Gasteiger partial charge in [-0.3, -0.25) is 9.59 Å². The number of aldehydes is 1. The minimum atomic E-state index is -3.16. The molecule has 56 heavy (non-hydrogen) atoms. The molecule has 19 unspecified atom stereocenters. The Morgan fingerprint density at radius 2 is 1.41 bits per heavy atom. The maximum Gasteiger partial charge on any atom is 0.364 e. The number of nitrogens with one attached hydrogen (secondary N) is 2. The van der Waals surface area contributed by atoms with Crippen molar-refractivity contribution >= 4 is 24.1 Å². The summed E-state index contributed by atoms with van der Waals surface area (Å²) in [6, 6.07) is -3.47. The van der Waals surface area contributed by atoms with Crippen LogP contribution in [0, 0.1) is 0 Å². The molecule has 25 nitrogen and oxygen atoms in total. The highest BCUT2D eigenvalue weighted by Gasteiger charge is 2.60. The molecule has 15 N–H and O–H groups in total. The first-order valence-electron chi connectivity index (χ1n) is 17.3. The maximum atomic E-state index is 12.8. The number of carboxylic acid groups (broad SMARTS) is 1. The minimum Gasteiger partial charge on any atom is -0.477 e. The topological polar surface area (TPSA) is 411 Å². The number of carboxylic acids is 1. The van der Waals surface area contributed by atoms with Crippen LogP contribution in [0.2, 0.25) is 0 Å². The molecule has 3 saturated heterocycles. The first kappa shape index (κ1) is 47.7. The molecule has 324 valence electrons. The number of rotatable bonds is 18. The van der Waals surface area contributed by atoms with Gasteiger partial charge in [0, 0.05) is 20.3 Å². The summed E-state index contributed by atoms with van der Waals surface area (Å²) < 4.78 is 33.5. The maximum absolute atomic E-state index is 12.8. The summed E-state index contributed by atoms with van der Waals surface area (Å²) in [5, 5.41) is 141. The number of amides is 2. The van der Waals surface area contributed by atoms with E-state index >= 15 is 0 Å². The van der Waals surface area contributed by atoms with Gasteiger partial charge in [-0.25, -0.2) is 4.79 Å². The predicted molar refractivity (Wildman–Crippen MR) is 174 cm³/mol. The zero-order valence-corrected chi connectivity index (χ0v) is 30.3. The van der Waals surface area contributed by atoms with Gasteiger partial charge in [0.2, 0.25) is 11.8 Å². The molecule has 3 rings (SSSR count). The second-order valence-corrected chi connectivity index (χ2v) is 13.7. The molecule has 0 aliphatic carbocycles. The summed E-state index contributed by atoms with van der Waals surface area (Å²) in [5.74, 6) is -6.89. The molecule has 0 bridgehead atoms. The van der Waals surface area contributed by atoms with Gasteiger partial charge in [0.15, 0.2) is 12.6 Å². The zero-order valence-electron chi connectivity index (χ0n) is 30.3. The molecule has 0 aromatic carbocycles. The van der Waals surface area contributed by atoms with E-state index in [-0.39, 0.29) is 6.29 Å². The number of aliphatic carboxylic acids is 1. The fourth-order valence-electron chi connectivity index (χ4n) is 6.49. The highest BCUT2D eigenvalue weighted by molar-refractivity contribution is 5.78. The molecule has 3 fully saturated rings. The third kappa shape index (κ3) is 10.7. The average molecular weight is 821 g/mol. The van der Waals surface area contributed by atoms with E-state index < -0.39 is 166 Å². The summed E-state index contributed by atoms with van der Waals surface area (Å²) >= 11 is 0. The molecule has 3 aliphatic rings. The lowest BCUT2D eigenvalue weighted by Crippen LogP contribution is -2.70. The van der Waals surface area contributed by atoms with E-state index in [1.807, 2.05) is 0 Å². The SMILES string of the molecule is CC(=O)NC(C=O)C(OC1OC(C)C(O)C(O)C1O)C(OC1OC(CO)C(O)C(O[C@]2(C(=O)O)CC(O)C(NC(C)=O)C(C(O)C(O)CO)O2)C1O)C(O)CO. The Morgan fingerprint density at radius 1 is 0.821 bits per heavy atom. The first-order valence-corrected chi connectivity index (χ1v) is 17.3. The molecule has 25 heteroatoms. The van der Waals surface area contributed by atoms with Crippen molar-refractivity contribution in [3.63, 3.8) is 0 Å². The van der Waals surface area contributed by atoms with Crippen molar-refractivity contribution in [2.45, 2.75) is 149 Å². The standard InChI is InChI=1S/C31H52N2O23/c1-9-18(43)21(46)22(47)28(51-9)53-24(12(5-34)32-10(2)38)25(15(42)7-36)54-29-23(48)27(20(45)16(8-37)52-29)56-31(30(49)50)4-13(40)17(33-11(3)39)26(55-31)19(44)14(41)6-35/h5,9,12-29,35-37,40-48H,4,6-8H2,1-3H3,(H,32,38)(H,33,39)(H,49,50)/t9?,12?,13?,14?,15?,16?,17?,18?,19?,20?,21?,22?,23?,24?,25?,26?,27?,28?,29?,31-/m0/s1. The van der Waals surface area contributed by atoms with Crippen LogP contribution < -0.4 is 10.6 Å². The number of ether oxygens (including phenoxy) is 6. The highest BCUT2D eigenvalue weighted by atomic mass is 16.8. The predicted octanol–water partition coefficient (Wildman–Crippen LogP) is -9.39. The van der Waals surface area contributed by atoms with Crippen molar-refractivity contribution in [1.29, 1.82) is 0 Å². The second kappa shape index (κ2) is 20.4. The summed E-state index contributed by atoms with van der Waals surface area (Å²) in [5.41, 5.74) is 0. The Hall–Kier alpha value is -2.64. The average Bonchev–Trinajstić information content (AvgIpc) is 3.15. The lowest BCUT2D eigenvalue weighted by atomic mass is 9.88. The van der Waals surface area contributed by atoms with Gasteiger partial charge in [-0.2, -0.15) is 0 Å². The zero-order chi connectivity index (χ0) is 42.4. The molecule has 0 saturated carbocycles. The van der Waals surface area contributed by atoms with Crippen molar-refractivity contribution in [1.82, 2.24) is 10.6 Å². The highest BCUT2D eigenvalue weighted by Crippen LogP contribution is 2.38. The Bertz CT molecular complexity index is 1320. The van der Waals surface area contributed by atoms with E-state index in [1.165, 1.54) is 6.92 Å². The Labute approximate surface area is 317 Å². The molecule has 2 amide bonds. The largest absolute Gasteiger partial charge is 0.477 e. The second-order valence-electron chi connectivity index (χ2n) is 13.7. The summed E-state index contributed by atoms with van der Waals surface area (Å²) in [6.07, 6.45) is -35.3. The molecular weight excluding hydrogens is 768 g/mol. The normalized spacial score (nSPS) is 39.7. The number of hydrogen-bond acceptors (Lipinski definition) is 22. The first-order chi connectivity index (χ1) is 26.2. The van der Waals surface area contributed by atoms with E-state index in [4.69, 9.17) is 28.4 Å². The van der Waals surface area contributed by atoms with Gasteiger partial charge < -0.3 is 110 Å². The summed E-state index contributed by atoms with van der Waals surface area (Å²) in [7, 11) is 0. The summed E-state index contributed by atoms with van der Waals surface area (Å²) in [4.78, 5) is 49.1. The van der Waals surface area contributed by atoms with Gasteiger partial charge in [-0.15, -0.1) is 0 Å². The Morgan fingerprint density at radius 3 is 1.93 bits per heavy atom. The van der Waals surface area contributed by atoms with Crippen LogP contribution in [-0.4, -0.2) is 232 Å². The smallest absolute Gasteiger partial charge is 0.364 e. The van der Waals surface area contributed by atoms with Crippen LogP contribution in [0.25, 0.3) is 0 Å². The lowest BCUT2D eigenvalue weighted by molar-refractivity contribution is -0.380. The number of hydrogen-bond donors (Lipinski definition) is 15. The summed E-state index contributed by atoms with van der Waals surface area (Å²) in [6.45, 7) is -0.175. The molecule has 3 heterocycles. The van der Waals surface area contributed by atoms with Crippen molar-refractivity contribution in [2.24, 2.45) is 0 Å². The van der Waals surface area contributed by atoms with Crippen LogP contribution in [0.4, 0.5) is 0 Å². The van der Waals surface area contributed by atoms with E-state index in [2.05, 4.69) is 10.6 Å². The number of carbonyl (C=O) groups is 4. The molecule has 3 aliphatic heterocycles. The fraction of sp³-hybridized carbons (Fsp3) is 0.871. The van der Waals surface area contributed by atoms with Crippen LogP contribution in [0.5, 0.6) is 0 Å². The van der Waals surface area contributed by atoms with Gasteiger partial charge in [-0.1, -0.05) is 0 Å². The van der Waals surface area contributed by atoms with E-state index in [9.17, 15) is 85.6 Å². The van der Waals surface area contributed by atoms with Gasteiger partial charge in [0.05, 0.1) is 38.1 Å². The Kier molecular flexibility index (Phi) is 17.4. The Balaban J connectivity index is 2.06. The minimum absolute atomic E-state index is 0.0793. The van der Waals surface area contributed by atoms with Crippen LogP contribution in [-0.2, 0) is 47.6 Å². The number of carbonyl (C=O) groups excluding carboxylic acids is 3. The van der Waals surface area contributed by atoms with Crippen LogP contribution in [0.15, 0.2) is 0 Å². The number of aliphatic hydroxyl groups is 12. The molecule has 0 aromatic rings. The van der Waals surface area contributed by atoms with Crippen LogP contribution >= 0.6 is 0 Å². The molecule has 20 atom stereocenters. The van der Waals surface area contributed by atoms with Crippen molar-refractivity contribution < 1.29 is 114 Å². The molecule has 0 spiro atoms. The van der Waals surface area contributed by atoms with Gasteiger partial charge >= 0.3 is 5.97 Å². The quantitative estimate of drug-likeness (QED) is 0.0571. The van der Waals surface area contributed by atoms with E-state index in [0.717, 1.165) is 13.8 Å².